The number of methoxy groups -OCH3 is 1. The Bertz CT molecular complexity index is 598. The van der Waals surface area contributed by atoms with Gasteiger partial charge >= 0.3 is 5.97 Å². The number of nitrogens with one attached hydrogen (secondary N) is 1. The zero-order chi connectivity index (χ0) is 15.6. The van der Waals surface area contributed by atoms with Crippen molar-refractivity contribution < 1.29 is 9.53 Å². The summed E-state index contributed by atoms with van der Waals surface area (Å²) in [6.45, 7) is 4.21. The number of anilines is 1. The zero-order valence-corrected chi connectivity index (χ0v) is 13.2. The van der Waals surface area contributed by atoms with Gasteiger partial charge in [-0.2, -0.15) is 5.10 Å². The first-order valence-electron chi connectivity index (χ1n) is 6.91. The standard InChI is InChI=1S/C14H20ClN3O3/c1-14(2)5-4-9(6-14)17-10-7-16-18(8-11(19)21-3)13(20)12(10)15/h7,9,17H,4-6,8H2,1-3H3. The molecule has 0 radical (unpaired) electrons. The molecule has 2 rings (SSSR count). The van der Waals surface area contributed by atoms with E-state index in [9.17, 15) is 9.59 Å². The lowest BCUT2D eigenvalue weighted by atomic mass is 9.92. The molecule has 1 fully saturated rings. The highest BCUT2D eigenvalue weighted by molar-refractivity contribution is 6.32. The van der Waals surface area contributed by atoms with Gasteiger partial charge in [0.15, 0.2) is 0 Å². The minimum Gasteiger partial charge on any atom is -0.468 e. The second-order valence-electron chi connectivity index (χ2n) is 6.16. The van der Waals surface area contributed by atoms with Crippen molar-refractivity contribution in [1.82, 2.24) is 9.78 Å². The van der Waals surface area contributed by atoms with E-state index in [1.807, 2.05) is 0 Å². The molecule has 0 aliphatic heterocycles. The molecule has 116 valence electrons. The van der Waals surface area contributed by atoms with Gasteiger partial charge in [0.1, 0.15) is 11.6 Å². The summed E-state index contributed by atoms with van der Waals surface area (Å²) in [5.41, 5.74) is 0.326. The molecule has 1 N–H and O–H groups in total. The monoisotopic (exact) mass is 313 g/mol. The Kier molecular flexibility index (Phi) is 4.56. The van der Waals surface area contributed by atoms with E-state index in [0.717, 1.165) is 23.9 Å². The minimum atomic E-state index is -0.543. The molecule has 1 saturated carbocycles. The van der Waals surface area contributed by atoms with Crippen LogP contribution >= 0.6 is 11.6 Å². The van der Waals surface area contributed by atoms with Crippen molar-refractivity contribution in [3.05, 3.63) is 21.6 Å². The summed E-state index contributed by atoms with van der Waals surface area (Å²) in [5, 5.41) is 7.29. The van der Waals surface area contributed by atoms with E-state index in [1.165, 1.54) is 13.3 Å². The van der Waals surface area contributed by atoms with Crippen molar-refractivity contribution in [1.29, 1.82) is 0 Å². The van der Waals surface area contributed by atoms with E-state index in [2.05, 4.69) is 29.0 Å². The summed E-state index contributed by atoms with van der Waals surface area (Å²) >= 11 is 6.09. The van der Waals surface area contributed by atoms with Crippen molar-refractivity contribution in [2.45, 2.75) is 45.7 Å². The lowest BCUT2D eigenvalue weighted by molar-refractivity contribution is -0.141. The third-order valence-electron chi connectivity index (χ3n) is 3.82. The lowest BCUT2D eigenvalue weighted by Crippen LogP contribution is -2.29. The summed E-state index contributed by atoms with van der Waals surface area (Å²) in [6, 6.07) is 0.287. The Morgan fingerprint density at radius 2 is 2.33 bits per heavy atom. The number of hydrogen-bond acceptors (Lipinski definition) is 5. The Morgan fingerprint density at radius 3 is 2.90 bits per heavy atom. The number of carbonyl (C=O) groups excluding carboxylic acids is 1. The molecule has 6 nitrogen and oxygen atoms in total. The Labute approximate surface area is 128 Å². The molecule has 7 heteroatoms. The van der Waals surface area contributed by atoms with Gasteiger partial charge in [0.25, 0.3) is 5.56 Å². The van der Waals surface area contributed by atoms with Crippen molar-refractivity contribution in [3.8, 4) is 0 Å². The lowest BCUT2D eigenvalue weighted by Gasteiger charge is -2.19. The predicted octanol–water partition coefficient (Wildman–Crippen LogP) is 2.06. The quantitative estimate of drug-likeness (QED) is 0.861. The fraction of sp³-hybridized carbons (Fsp3) is 0.643. The minimum absolute atomic E-state index is 0.0543. The highest BCUT2D eigenvalue weighted by Crippen LogP contribution is 2.38. The van der Waals surface area contributed by atoms with E-state index in [0.29, 0.717) is 11.1 Å². The normalized spacial score (nSPS) is 20.3. The Morgan fingerprint density at radius 1 is 1.62 bits per heavy atom. The van der Waals surface area contributed by atoms with Gasteiger partial charge in [-0.1, -0.05) is 25.4 Å². The summed E-state index contributed by atoms with van der Waals surface area (Å²) in [6.07, 6.45) is 4.68. The van der Waals surface area contributed by atoms with Crippen molar-refractivity contribution in [3.63, 3.8) is 0 Å². The molecule has 1 atom stereocenters. The fourth-order valence-electron chi connectivity index (χ4n) is 2.64. The van der Waals surface area contributed by atoms with Crippen LogP contribution in [0.4, 0.5) is 5.69 Å². The maximum Gasteiger partial charge on any atom is 0.327 e. The molecule has 1 aliphatic rings. The van der Waals surface area contributed by atoms with E-state index in [-0.39, 0.29) is 17.6 Å². The first-order valence-corrected chi connectivity index (χ1v) is 7.29. The maximum absolute atomic E-state index is 12.1. The van der Waals surface area contributed by atoms with Crippen LogP contribution in [0.2, 0.25) is 5.02 Å². The van der Waals surface area contributed by atoms with Gasteiger partial charge in [0, 0.05) is 6.04 Å². The maximum atomic E-state index is 12.1. The topological polar surface area (TPSA) is 73.2 Å². The number of aromatic nitrogens is 2. The van der Waals surface area contributed by atoms with E-state index in [4.69, 9.17) is 11.6 Å². The first-order chi connectivity index (χ1) is 9.82. The third kappa shape index (κ3) is 3.75. The summed E-state index contributed by atoms with van der Waals surface area (Å²) < 4.78 is 5.51. The number of esters is 1. The van der Waals surface area contributed by atoms with Crippen LogP contribution in [-0.4, -0.2) is 28.9 Å². The molecule has 0 aromatic carbocycles. The van der Waals surface area contributed by atoms with Crippen molar-refractivity contribution >= 4 is 23.3 Å². The number of hydrogen-bond donors (Lipinski definition) is 1. The SMILES string of the molecule is COC(=O)Cn1ncc(NC2CCC(C)(C)C2)c(Cl)c1=O. The van der Waals surface area contributed by atoms with Crippen LogP contribution in [0.3, 0.4) is 0 Å². The molecule has 0 spiro atoms. The van der Waals surface area contributed by atoms with Crippen LogP contribution in [-0.2, 0) is 16.1 Å². The van der Waals surface area contributed by atoms with Gasteiger partial charge in [0.2, 0.25) is 0 Å². The van der Waals surface area contributed by atoms with Crippen LogP contribution in [0.5, 0.6) is 0 Å². The summed E-state index contributed by atoms with van der Waals surface area (Å²) in [4.78, 5) is 23.3. The molecule has 1 unspecified atom stereocenters. The van der Waals surface area contributed by atoms with Crippen molar-refractivity contribution in [2.75, 3.05) is 12.4 Å². The Hall–Kier alpha value is -1.56. The van der Waals surface area contributed by atoms with Crippen LogP contribution < -0.4 is 10.9 Å². The summed E-state index contributed by atoms with van der Waals surface area (Å²) in [5.74, 6) is -0.543. The van der Waals surface area contributed by atoms with Crippen LogP contribution in [0.15, 0.2) is 11.0 Å². The second kappa shape index (κ2) is 6.05. The average molecular weight is 314 g/mol. The molecule has 1 heterocycles. The summed E-state index contributed by atoms with van der Waals surface area (Å²) in [7, 11) is 1.26. The van der Waals surface area contributed by atoms with Gasteiger partial charge in [0.05, 0.1) is 19.0 Å². The number of ether oxygens (including phenoxy) is 1. The second-order valence-corrected chi connectivity index (χ2v) is 6.54. The van der Waals surface area contributed by atoms with Gasteiger partial charge in [-0.3, -0.25) is 9.59 Å². The van der Waals surface area contributed by atoms with E-state index in [1.54, 1.807) is 0 Å². The number of rotatable bonds is 4. The highest BCUT2D eigenvalue weighted by Gasteiger charge is 2.31. The van der Waals surface area contributed by atoms with Gasteiger partial charge in [-0.25, -0.2) is 4.68 Å². The van der Waals surface area contributed by atoms with Crippen LogP contribution in [0, 0.1) is 5.41 Å². The van der Waals surface area contributed by atoms with E-state index >= 15 is 0 Å². The Balaban J connectivity index is 2.14. The predicted molar refractivity (Wildman–Crippen MR) is 80.6 cm³/mol. The molecule has 0 saturated heterocycles. The molecule has 1 aromatic heterocycles. The molecule has 1 aliphatic carbocycles. The number of nitrogens with zero attached hydrogens (tertiary/aromatic N) is 2. The number of halogens is 1. The van der Waals surface area contributed by atoms with Crippen LogP contribution in [0.25, 0.3) is 0 Å². The van der Waals surface area contributed by atoms with E-state index < -0.39 is 11.5 Å². The van der Waals surface area contributed by atoms with Crippen LogP contribution in [0.1, 0.15) is 33.1 Å². The highest BCUT2D eigenvalue weighted by atomic mass is 35.5. The molecular formula is C14H20ClN3O3. The van der Waals surface area contributed by atoms with Gasteiger partial charge < -0.3 is 10.1 Å². The fourth-order valence-corrected chi connectivity index (χ4v) is 2.85. The molecule has 0 bridgehead atoms. The average Bonchev–Trinajstić information content (AvgIpc) is 2.77. The van der Waals surface area contributed by atoms with Gasteiger partial charge in [-0.05, 0) is 24.7 Å². The first kappa shape index (κ1) is 15.8. The number of carbonyl (C=O) groups is 1. The third-order valence-corrected chi connectivity index (χ3v) is 4.18. The smallest absolute Gasteiger partial charge is 0.327 e. The zero-order valence-electron chi connectivity index (χ0n) is 12.5. The molecule has 1 aromatic rings. The molecule has 21 heavy (non-hydrogen) atoms. The molecule has 0 amide bonds. The van der Waals surface area contributed by atoms with Crippen molar-refractivity contribution in [2.24, 2.45) is 5.41 Å². The largest absolute Gasteiger partial charge is 0.468 e. The molecular weight excluding hydrogens is 294 g/mol. The van der Waals surface area contributed by atoms with Gasteiger partial charge in [-0.15, -0.1) is 0 Å².